The first-order valence-corrected chi connectivity index (χ1v) is 4.86. The van der Waals surface area contributed by atoms with Gasteiger partial charge in [0.25, 0.3) is 0 Å². The Kier molecular flexibility index (Phi) is 4.21. The summed E-state index contributed by atoms with van der Waals surface area (Å²) in [4.78, 5) is 7.45. The van der Waals surface area contributed by atoms with Crippen molar-refractivity contribution in [2.75, 3.05) is 17.2 Å². The van der Waals surface area contributed by atoms with E-state index in [-0.39, 0.29) is 11.8 Å². The summed E-state index contributed by atoms with van der Waals surface area (Å²) >= 11 is 0. The number of nitrogens with two attached hydrogens (primary N) is 3. The molecule has 0 spiro atoms. The van der Waals surface area contributed by atoms with Crippen molar-refractivity contribution in [1.82, 2.24) is 9.97 Å². The molecule has 0 aliphatic carbocycles. The summed E-state index contributed by atoms with van der Waals surface area (Å²) in [6, 6.07) is 0. The molecule has 0 saturated carbocycles. The van der Waals surface area contributed by atoms with E-state index in [0.29, 0.717) is 11.4 Å². The summed E-state index contributed by atoms with van der Waals surface area (Å²) in [5.41, 5.74) is 17.1. The fourth-order valence-electron chi connectivity index (χ4n) is 0.626. The van der Waals surface area contributed by atoms with E-state index < -0.39 is 10.4 Å². The lowest BCUT2D eigenvalue weighted by Crippen LogP contribution is -2.05. The van der Waals surface area contributed by atoms with E-state index in [2.05, 4.69) is 9.97 Å². The first kappa shape index (κ1) is 13.4. The molecule has 1 rings (SSSR count). The molecule has 86 valence electrons. The topological polar surface area (TPSA) is 178 Å². The Bertz CT molecular complexity index is 414. The van der Waals surface area contributed by atoms with Crippen LogP contribution >= 0.6 is 0 Å². The number of nitrogens with zero attached hydrogens (tertiary/aromatic N) is 2. The van der Waals surface area contributed by atoms with Crippen LogP contribution in [0.1, 0.15) is 5.69 Å². The number of aromatic nitrogens is 2. The van der Waals surface area contributed by atoms with Crippen molar-refractivity contribution in [3.63, 3.8) is 0 Å². The molecule has 1 aromatic heterocycles. The summed E-state index contributed by atoms with van der Waals surface area (Å²) < 4.78 is 31.6. The Balaban J connectivity index is 0.000000336. The predicted octanol–water partition coefficient (Wildman–Crippen LogP) is -1.12. The van der Waals surface area contributed by atoms with Gasteiger partial charge in [-0.05, 0) is 6.92 Å². The lowest BCUT2D eigenvalue weighted by Gasteiger charge is -2.01. The minimum absolute atomic E-state index is 0.157. The number of aryl methyl sites for hydroxylation is 1. The number of hydrogen-bond acceptors (Lipinski definition) is 7. The first-order valence-electron chi connectivity index (χ1n) is 3.46. The quantitative estimate of drug-likeness (QED) is 0.349. The van der Waals surface area contributed by atoms with Crippen LogP contribution in [0, 0.1) is 6.92 Å². The van der Waals surface area contributed by atoms with Crippen LogP contribution < -0.4 is 17.2 Å². The van der Waals surface area contributed by atoms with E-state index in [4.69, 9.17) is 34.7 Å². The van der Waals surface area contributed by atoms with Gasteiger partial charge in [-0.15, -0.1) is 0 Å². The van der Waals surface area contributed by atoms with Gasteiger partial charge in [-0.3, -0.25) is 9.11 Å². The molecule has 9 nitrogen and oxygen atoms in total. The van der Waals surface area contributed by atoms with Crippen molar-refractivity contribution in [3.8, 4) is 0 Å². The van der Waals surface area contributed by atoms with Gasteiger partial charge in [-0.25, -0.2) is 4.98 Å². The van der Waals surface area contributed by atoms with Gasteiger partial charge in [0.15, 0.2) is 5.82 Å². The standard InChI is InChI=1S/C5H9N5.H2O4S/c1-2-3(6)4(7)10-5(8)9-2;1-5(2,3)4/h6H2,1H3,(H4,7,8,9,10);(H2,1,2,3,4). The molecule has 0 aromatic carbocycles. The second kappa shape index (κ2) is 4.72. The van der Waals surface area contributed by atoms with Crippen molar-refractivity contribution in [2.24, 2.45) is 0 Å². The fourth-order valence-corrected chi connectivity index (χ4v) is 0.626. The van der Waals surface area contributed by atoms with E-state index in [1.165, 1.54) is 0 Å². The van der Waals surface area contributed by atoms with Crippen LogP contribution in [0.15, 0.2) is 0 Å². The molecule has 15 heavy (non-hydrogen) atoms. The van der Waals surface area contributed by atoms with Crippen LogP contribution in [0.3, 0.4) is 0 Å². The molecule has 0 unspecified atom stereocenters. The second-order valence-corrected chi connectivity index (χ2v) is 3.31. The fraction of sp³-hybridized carbons (Fsp3) is 0.200. The summed E-state index contributed by atoms with van der Waals surface area (Å²) in [5.74, 6) is 0.397. The highest BCUT2D eigenvalue weighted by atomic mass is 32.3. The van der Waals surface area contributed by atoms with Crippen LogP contribution in [0.5, 0.6) is 0 Å². The van der Waals surface area contributed by atoms with Crippen molar-refractivity contribution in [2.45, 2.75) is 6.92 Å². The summed E-state index contributed by atoms with van der Waals surface area (Å²) in [6.45, 7) is 1.73. The van der Waals surface area contributed by atoms with Gasteiger partial charge < -0.3 is 17.2 Å². The predicted molar refractivity (Wildman–Crippen MR) is 54.2 cm³/mol. The van der Waals surface area contributed by atoms with Gasteiger partial charge in [0.05, 0.1) is 11.4 Å². The van der Waals surface area contributed by atoms with Crippen molar-refractivity contribution in [1.29, 1.82) is 0 Å². The number of rotatable bonds is 0. The Morgan fingerprint density at radius 2 is 1.53 bits per heavy atom. The molecule has 8 N–H and O–H groups in total. The van der Waals surface area contributed by atoms with E-state index >= 15 is 0 Å². The van der Waals surface area contributed by atoms with Crippen LogP contribution in [-0.2, 0) is 10.4 Å². The van der Waals surface area contributed by atoms with Crippen LogP contribution in [0.2, 0.25) is 0 Å². The largest absolute Gasteiger partial charge is 0.394 e. The van der Waals surface area contributed by atoms with E-state index in [9.17, 15) is 0 Å². The van der Waals surface area contributed by atoms with E-state index in [1.807, 2.05) is 0 Å². The van der Waals surface area contributed by atoms with Gasteiger partial charge in [-0.2, -0.15) is 13.4 Å². The zero-order chi connectivity index (χ0) is 12.2. The molecular formula is C5H11N5O4S. The van der Waals surface area contributed by atoms with Gasteiger partial charge >= 0.3 is 10.4 Å². The molecule has 0 saturated heterocycles. The molecule has 0 aliphatic heterocycles. The smallest absolute Gasteiger partial charge is 0.394 e. The Labute approximate surface area is 85.9 Å². The molecule has 0 bridgehead atoms. The molecule has 0 aliphatic rings. The van der Waals surface area contributed by atoms with Crippen LogP contribution in [0.25, 0.3) is 0 Å². The lowest BCUT2D eigenvalue weighted by atomic mass is 10.3. The zero-order valence-electron chi connectivity index (χ0n) is 7.75. The lowest BCUT2D eigenvalue weighted by molar-refractivity contribution is 0.381. The highest BCUT2D eigenvalue weighted by Crippen LogP contribution is 2.14. The third-order valence-electron chi connectivity index (χ3n) is 1.18. The van der Waals surface area contributed by atoms with Crippen LogP contribution in [-0.4, -0.2) is 27.5 Å². The molecule has 1 aromatic rings. The maximum absolute atomic E-state index is 8.74. The summed E-state index contributed by atoms with van der Waals surface area (Å²) in [5, 5.41) is 0. The average molecular weight is 237 g/mol. The SMILES string of the molecule is Cc1nc(N)nc(N)c1N.O=S(=O)(O)O. The molecule has 0 amide bonds. The van der Waals surface area contributed by atoms with E-state index in [0.717, 1.165) is 0 Å². The third-order valence-corrected chi connectivity index (χ3v) is 1.18. The average Bonchev–Trinajstić information content (AvgIpc) is 1.96. The first-order chi connectivity index (χ1) is 6.61. The van der Waals surface area contributed by atoms with E-state index in [1.54, 1.807) is 6.92 Å². The minimum Gasteiger partial charge on any atom is -0.394 e. The highest BCUT2D eigenvalue weighted by Gasteiger charge is 2.01. The molecule has 0 radical (unpaired) electrons. The normalized spacial score (nSPS) is 10.3. The number of nitrogen functional groups attached to an aromatic ring is 3. The van der Waals surface area contributed by atoms with Crippen molar-refractivity contribution < 1.29 is 17.5 Å². The molecule has 0 fully saturated rings. The maximum Gasteiger partial charge on any atom is 0.394 e. The molecular weight excluding hydrogens is 226 g/mol. The monoisotopic (exact) mass is 237 g/mol. The van der Waals surface area contributed by atoms with Crippen molar-refractivity contribution >= 4 is 27.9 Å². The zero-order valence-corrected chi connectivity index (χ0v) is 8.56. The third kappa shape index (κ3) is 6.42. The van der Waals surface area contributed by atoms with Crippen molar-refractivity contribution in [3.05, 3.63) is 5.69 Å². The minimum atomic E-state index is -4.67. The van der Waals surface area contributed by atoms with Crippen LogP contribution in [0.4, 0.5) is 17.5 Å². The van der Waals surface area contributed by atoms with Gasteiger partial charge in [-0.1, -0.05) is 0 Å². The molecule has 10 heteroatoms. The number of hydrogen-bond donors (Lipinski definition) is 5. The highest BCUT2D eigenvalue weighted by molar-refractivity contribution is 7.79. The Morgan fingerprint density at radius 1 is 1.13 bits per heavy atom. The Morgan fingerprint density at radius 3 is 1.87 bits per heavy atom. The maximum atomic E-state index is 8.74. The second-order valence-electron chi connectivity index (χ2n) is 2.41. The summed E-state index contributed by atoms with van der Waals surface area (Å²) in [6.07, 6.45) is 0. The van der Waals surface area contributed by atoms with Gasteiger partial charge in [0, 0.05) is 0 Å². The van der Waals surface area contributed by atoms with Gasteiger partial charge in [0.1, 0.15) is 0 Å². The van der Waals surface area contributed by atoms with Gasteiger partial charge in [0.2, 0.25) is 5.95 Å². The molecule has 0 atom stereocenters. The molecule has 1 heterocycles. The summed E-state index contributed by atoms with van der Waals surface area (Å²) in [7, 11) is -4.67. The number of anilines is 3. The Hall–Kier alpha value is -1.65.